The highest BCUT2D eigenvalue weighted by Gasteiger charge is 2.22. The minimum Gasteiger partial charge on any atom is -0.496 e. The van der Waals surface area contributed by atoms with E-state index in [9.17, 15) is 13.2 Å². The van der Waals surface area contributed by atoms with E-state index in [0.29, 0.717) is 28.4 Å². The molecule has 0 fully saturated rings. The van der Waals surface area contributed by atoms with Crippen molar-refractivity contribution in [3.05, 3.63) is 94.5 Å². The second-order valence-electron chi connectivity index (χ2n) is 7.23. The van der Waals surface area contributed by atoms with Crippen LogP contribution in [-0.2, 0) is 23.0 Å². The predicted octanol–water partition coefficient (Wildman–Crippen LogP) is 4.14. The van der Waals surface area contributed by atoms with E-state index in [2.05, 4.69) is 5.32 Å². The minimum absolute atomic E-state index is 0.0409. The van der Waals surface area contributed by atoms with Crippen molar-refractivity contribution in [2.75, 3.05) is 20.7 Å². The lowest BCUT2D eigenvalue weighted by atomic mass is 10.1. The highest BCUT2D eigenvalue weighted by molar-refractivity contribution is 7.89. The van der Waals surface area contributed by atoms with E-state index in [1.807, 2.05) is 30.3 Å². The first-order chi connectivity index (χ1) is 15.3. The molecule has 0 spiro atoms. The quantitative estimate of drug-likeness (QED) is 0.507. The molecule has 6 nitrogen and oxygen atoms in total. The summed E-state index contributed by atoms with van der Waals surface area (Å²) in [5.41, 5.74) is 2.16. The van der Waals surface area contributed by atoms with Gasteiger partial charge in [-0.1, -0.05) is 41.9 Å². The van der Waals surface area contributed by atoms with E-state index in [0.717, 1.165) is 12.0 Å². The van der Waals surface area contributed by atoms with Gasteiger partial charge >= 0.3 is 0 Å². The number of ether oxygens (including phenoxy) is 1. The zero-order valence-electron chi connectivity index (χ0n) is 17.9. The first-order valence-corrected chi connectivity index (χ1v) is 11.8. The van der Waals surface area contributed by atoms with Crippen molar-refractivity contribution in [1.82, 2.24) is 9.62 Å². The van der Waals surface area contributed by atoms with Crippen LogP contribution in [0.25, 0.3) is 0 Å². The molecule has 32 heavy (non-hydrogen) atoms. The third-order valence-corrected chi connectivity index (χ3v) is 7.07. The Balaban J connectivity index is 1.72. The molecular formula is C24H25ClN2O4S. The second-order valence-corrected chi connectivity index (χ2v) is 9.71. The summed E-state index contributed by atoms with van der Waals surface area (Å²) in [4.78, 5) is 12.8. The number of hydrogen-bond acceptors (Lipinski definition) is 4. The Hall–Kier alpha value is -2.87. The predicted molar refractivity (Wildman–Crippen MR) is 126 cm³/mol. The van der Waals surface area contributed by atoms with Crippen LogP contribution in [0.5, 0.6) is 5.75 Å². The van der Waals surface area contributed by atoms with E-state index in [-0.39, 0.29) is 17.3 Å². The summed E-state index contributed by atoms with van der Waals surface area (Å²) in [5, 5.41) is 3.36. The Kier molecular flexibility index (Phi) is 7.90. The van der Waals surface area contributed by atoms with Gasteiger partial charge in [-0.15, -0.1) is 0 Å². The fourth-order valence-electron chi connectivity index (χ4n) is 3.22. The largest absolute Gasteiger partial charge is 0.496 e. The Morgan fingerprint density at radius 2 is 1.72 bits per heavy atom. The number of benzene rings is 3. The number of sulfonamides is 1. The number of nitrogens with zero attached hydrogens (tertiary/aromatic N) is 1. The molecule has 0 aliphatic carbocycles. The van der Waals surface area contributed by atoms with Crippen molar-refractivity contribution in [2.24, 2.45) is 0 Å². The van der Waals surface area contributed by atoms with Crippen molar-refractivity contribution in [3.8, 4) is 5.75 Å². The molecular weight excluding hydrogens is 448 g/mol. The third kappa shape index (κ3) is 5.88. The number of carbonyl (C=O) groups is 1. The second kappa shape index (κ2) is 10.6. The third-order valence-electron chi connectivity index (χ3n) is 5.00. The Morgan fingerprint density at radius 3 is 2.38 bits per heavy atom. The lowest BCUT2D eigenvalue weighted by Crippen LogP contribution is -2.28. The summed E-state index contributed by atoms with van der Waals surface area (Å²) in [7, 11) is -0.750. The normalized spacial score (nSPS) is 11.4. The van der Waals surface area contributed by atoms with Crippen molar-refractivity contribution >= 4 is 27.5 Å². The summed E-state index contributed by atoms with van der Waals surface area (Å²) in [6.45, 7) is 0.536. The molecule has 168 valence electrons. The lowest BCUT2D eigenvalue weighted by Gasteiger charge is -2.19. The number of amides is 1. The highest BCUT2D eigenvalue weighted by atomic mass is 35.5. The number of nitrogens with one attached hydrogen (secondary N) is 1. The minimum atomic E-state index is -3.74. The van der Waals surface area contributed by atoms with Crippen LogP contribution < -0.4 is 10.1 Å². The van der Waals surface area contributed by atoms with E-state index in [1.165, 1.54) is 42.7 Å². The molecule has 0 aliphatic heterocycles. The highest BCUT2D eigenvalue weighted by Crippen LogP contribution is 2.25. The molecule has 3 aromatic rings. The summed E-state index contributed by atoms with van der Waals surface area (Å²) in [5.74, 6) is 0.275. The van der Waals surface area contributed by atoms with E-state index in [1.54, 1.807) is 18.2 Å². The molecule has 8 heteroatoms. The number of halogens is 1. The average molecular weight is 473 g/mol. The molecule has 1 amide bonds. The maximum Gasteiger partial charge on any atom is 0.251 e. The van der Waals surface area contributed by atoms with Crippen LogP contribution in [0, 0.1) is 0 Å². The first kappa shape index (κ1) is 23.8. The van der Waals surface area contributed by atoms with Gasteiger partial charge in [-0.25, -0.2) is 8.42 Å². The number of carbonyl (C=O) groups excluding carboxylic acids is 1. The summed E-state index contributed by atoms with van der Waals surface area (Å²) in [6.07, 6.45) is 0.720. The monoisotopic (exact) mass is 472 g/mol. The Morgan fingerprint density at radius 1 is 1.03 bits per heavy atom. The van der Waals surface area contributed by atoms with E-state index < -0.39 is 10.0 Å². The van der Waals surface area contributed by atoms with Crippen molar-refractivity contribution < 1.29 is 17.9 Å². The molecule has 0 radical (unpaired) electrons. The van der Waals surface area contributed by atoms with Gasteiger partial charge in [0.25, 0.3) is 5.91 Å². The van der Waals surface area contributed by atoms with Gasteiger partial charge in [0.15, 0.2) is 0 Å². The van der Waals surface area contributed by atoms with Crippen molar-refractivity contribution in [3.63, 3.8) is 0 Å². The smallest absolute Gasteiger partial charge is 0.251 e. The molecule has 0 unspecified atom stereocenters. The molecule has 0 heterocycles. The van der Waals surface area contributed by atoms with Gasteiger partial charge in [0.1, 0.15) is 5.75 Å². The Bertz CT molecular complexity index is 1170. The van der Waals surface area contributed by atoms with Crippen molar-refractivity contribution in [1.29, 1.82) is 0 Å². The first-order valence-electron chi connectivity index (χ1n) is 10.0. The van der Waals surface area contributed by atoms with Crippen LogP contribution in [0.1, 0.15) is 21.5 Å². The molecule has 3 aromatic carbocycles. The lowest BCUT2D eigenvalue weighted by molar-refractivity contribution is 0.0954. The maximum atomic E-state index is 12.9. The van der Waals surface area contributed by atoms with Gasteiger partial charge in [-0.2, -0.15) is 4.31 Å². The van der Waals surface area contributed by atoms with Crippen LogP contribution in [0.3, 0.4) is 0 Å². The molecule has 0 aliphatic rings. The summed E-state index contributed by atoms with van der Waals surface area (Å²) < 4.78 is 32.4. The zero-order chi connectivity index (χ0) is 23.1. The van der Waals surface area contributed by atoms with Crippen LogP contribution >= 0.6 is 11.6 Å². The van der Waals surface area contributed by atoms with Crippen LogP contribution in [0.15, 0.2) is 77.7 Å². The molecule has 0 aromatic heterocycles. The van der Waals surface area contributed by atoms with Gasteiger partial charge in [0, 0.05) is 36.3 Å². The van der Waals surface area contributed by atoms with Gasteiger partial charge in [0.2, 0.25) is 10.0 Å². The summed E-state index contributed by atoms with van der Waals surface area (Å²) >= 11 is 5.87. The van der Waals surface area contributed by atoms with Crippen LogP contribution in [-0.4, -0.2) is 39.3 Å². The molecule has 3 rings (SSSR count). The van der Waals surface area contributed by atoms with E-state index >= 15 is 0 Å². The average Bonchev–Trinajstić information content (AvgIpc) is 2.80. The fourth-order valence-corrected chi connectivity index (χ4v) is 4.50. The number of methoxy groups -OCH3 is 1. The molecule has 0 bridgehead atoms. The zero-order valence-corrected chi connectivity index (χ0v) is 19.5. The fraction of sp³-hybridized carbons (Fsp3) is 0.208. The topological polar surface area (TPSA) is 75.7 Å². The van der Waals surface area contributed by atoms with Crippen molar-refractivity contribution in [2.45, 2.75) is 17.9 Å². The molecule has 0 saturated heterocycles. The van der Waals surface area contributed by atoms with Crippen LogP contribution in [0.4, 0.5) is 0 Å². The molecule has 0 atom stereocenters. The van der Waals surface area contributed by atoms with Gasteiger partial charge < -0.3 is 10.1 Å². The van der Waals surface area contributed by atoms with E-state index in [4.69, 9.17) is 16.3 Å². The molecule has 0 saturated carbocycles. The Labute approximate surface area is 193 Å². The SMILES string of the molecule is COc1ccc(C(=O)NCCc2ccccc2)cc1CN(C)S(=O)(=O)c1ccc(Cl)cc1. The molecule has 1 N–H and O–H groups in total. The van der Waals surface area contributed by atoms with Gasteiger partial charge in [-0.3, -0.25) is 4.79 Å². The number of rotatable bonds is 9. The van der Waals surface area contributed by atoms with Gasteiger partial charge in [0.05, 0.1) is 12.0 Å². The summed E-state index contributed by atoms with van der Waals surface area (Å²) in [6, 6.07) is 20.9. The van der Waals surface area contributed by atoms with Crippen LogP contribution in [0.2, 0.25) is 5.02 Å². The number of hydrogen-bond donors (Lipinski definition) is 1. The standard InChI is InChI=1S/C24H25ClN2O4S/c1-27(32(29,30)22-11-9-21(25)10-12-22)17-20-16-19(8-13-23(20)31-2)24(28)26-15-14-18-6-4-3-5-7-18/h3-13,16H,14-15,17H2,1-2H3,(H,26,28). The maximum absolute atomic E-state index is 12.9. The van der Waals surface area contributed by atoms with Gasteiger partial charge in [-0.05, 0) is 54.4 Å².